The first-order valence-corrected chi connectivity index (χ1v) is 9.74. The van der Waals surface area contributed by atoms with Crippen LogP contribution in [-0.2, 0) is 13.6 Å². The molecule has 0 aliphatic carbocycles. The Labute approximate surface area is 166 Å². The van der Waals surface area contributed by atoms with Crippen molar-refractivity contribution < 1.29 is 15.2 Å². The number of quaternary nitrogens is 1. The minimum atomic E-state index is -1.20. The van der Waals surface area contributed by atoms with Crippen molar-refractivity contribution in [3.8, 4) is 0 Å². The molecular weight excluding hydrogens is 372 g/mol. The van der Waals surface area contributed by atoms with E-state index in [0.717, 1.165) is 23.0 Å². The van der Waals surface area contributed by atoms with Gasteiger partial charge in [0.25, 0.3) is 5.91 Å². The molecule has 29 heavy (non-hydrogen) atoms. The van der Waals surface area contributed by atoms with Crippen molar-refractivity contribution >= 4 is 22.5 Å². The van der Waals surface area contributed by atoms with Crippen LogP contribution in [0.2, 0.25) is 0 Å². The Bertz CT molecular complexity index is 1180. The molecule has 3 unspecified atom stereocenters. The third-order valence-electron chi connectivity index (χ3n) is 6.25. The number of pyridine rings is 1. The summed E-state index contributed by atoms with van der Waals surface area (Å²) >= 11 is 0. The summed E-state index contributed by atoms with van der Waals surface area (Å²) in [4.78, 5) is 27.6. The number of fused-ring (bicyclic) bond motifs is 5. The predicted molar refractivity (Wildman–Crippen MR) is 106 cm³/mol. The molecule has 2 aliphatic heterocycles. The van der Waals surface area contributed by atoms with Crippen molar-refractivity contribution in [2.45, 2.75) is 18.9 Å². The Balaban J connectivity index is 1.44. The van der Waals surface area contributed by atoms with Crippen LogP contribution in [0.4, 0.5) is 5.69 Å². The van der Waals surface area contributed by atoms with Crippen molar-refractivity contribution in [2.75, 3.05) is 13.1 Å². The Kier molecular flexibility index (Phi) is 4.09. The highest BCUT2D eigenvalue weighted by atomic mass is 16.8. The third kappa shape index (κ3) is 2.88. The fourth-order valence-corrected chi connectivity index (χ4v) is 4.87. The predicted octanol–water partition coefficient (Wildman–Crippen LogP) is 1.00. The Morgan fingerprint density at radius 3 is 2.79 bits per heavy atom. The van der Waals surface area contributed by atoms with Gasteiger partial charge in [-0.3, -0.25) is 9.59 Å². The van der Waals surface area contributed by atoms with Crippen molar-refractivity contribution in [1.29, 1.82) is 0 Å². The second kappa shape index (κ2) is 6.55. The summed E-state index contributed by atoms with van der Waals surface area (Å²) in [6.07, 6.45) is 2.89. The fourth-order valence-electron chi connectivity index (χ4n) is 4.87. The number of nitrogens with zero attached hydrogens (tertiary/aromatic N) is 3. The minimum absolute atomic E-state index is 0.00315. The van der Waals surface area contributed by atoms with Gasteiger partial charge in [-0.1, -0.05) is 0 Å². The molecule has 1 amide bonds. The highest BCUT2D eigenvalue weighted by molar-refractivity contribution is 5.98. The van der Waals surface area contributed by atoms with Crippen LogP contribution in [0, 0.1) is 11.1 Å². The standard InChI is InChI=1S/C21H22N4O4/c1-22-7-6-14-9-15(2-3-17(14)22)20(26)23-10-13-8-16(12-23)18-4-5-19(25(28)29)21(27)24(18)11-13/h2-7,9,13,16,25,28H,8,10-12H2,1H3. The van der Waals surface area contributed by atoms with Gasteiger partial charge in [0.1, 0.15) is 0 Å². The number of amides is 1. The summed E-state index contributed by atoms with van der Waals surface area (Å²) in [7, 11) is 1.98. The number of benzene rings is 1. The maximum absolute atomic E-state index is 13.2. The number of carbonyl (C=O) groups excluding carboxylic acids is 1. The van der Waals surface area contributed by atoms with E-state index in [1.165, 1.54) is 6.07 Å². The van der Waals surface area contributed by atoms with Gasteiger partial charge in [-0.25, -0.2) is 5.21 Å². The smallest absolute Gasteiger partial charge is 0.315 e. The number of carbonyl (C=O) groups is 1. The van der Waals surface area contributed by atoms with Gasteiger partial charge in [0, 0.05) is 67.0 Å². The summed E-state index contributed by atoms with van der Waals surface area (Å²) in [6.45, 7) is 1.56. The number of nitrogens with one attached hydrogen (secondary N) is 1. The molecule has 1 fully saturated rings. The lowest BCUT2D eigenvalue weighted by atomic mass is 9.83. The first kappa shape index (κ1) is 18.1. The molecule has 3 atom stereocenters. The van der Waals surface area contributed by atoms with Gasteiger partial charge in [0.05, 0.1) is 0 Å². The van der Waals surface area contributed by atoms with Gasteiger partial charge < -0.3 is 19.2 Å². The highest BCUT2D eigenvalue weighted by Crippen LogP contribution is 2.36. The summed E-state index contributed by atoms with van der Waals surface area (Å²) in [5.74, 6) is 0.193. The summed E-state index contributed by atoms with van der Waals surface area (Å²) in [5.41, 5.74) is 1.94. The molecule has 0 spiro atoms. The van der Waals surface area contributed by atoms with Gasteiger partial charge in [-0.15, -0.1) is 0 Å². The molecule has 4 heterocycles. The molecule has 1 aromatic carbocycles. The van der Waals surface area contributed by atoms with E-state index in [2.05, 4.69) is 0 Å². The van der Waals surface area contributed by atoms with Crippen molar-refractivity contribution in [3.05, 3.63) is 69.4 Å². The van der Waals surface area contributed by atoms with E-state index in [9.17, 15) is 20.0 Å². The average molecular weight is 394 g/mol. The largest absolute Gasteiger partial charge is 0.595 e. The molecule has 150 valence electrons. The van der Waals surface area contributed by atoms with Crippen LogP contribution >= 0.6 is 0 Å². The lowest BCUT2D eigenvalue weighted by Gasteiger charge is -2.42. The van der Waals surface area contributed by atoms with E-state index in [1.807, 2.05) is 47.0 Å². The monoisotopic (exact) mass is 394 g/mol. The molecule has 8 nitrogen and oxygen atoms in total. The van der Waals surface area contributed by atoms with Crippen LogP contribution in [0.5, 0.6) is 0 Å². The van der Waals surface area contributed by atoms with E-state index in [4.69, 9.17) is 0 Å². The zero-order valence-corrected chi connectivity index (χ0v) is 16.0. The number of hydrogen-bond donors (Lipinski definition) is 2. The van der Waals surface area contributed by atoms with E-state index < -0.39 is 10.8 Å². The fraction of sp³-hybridized carbons (Fsp3) is 0.333. The Morgan fingerprint density at radius 2 is 2.00 bits per heavy atom. The molecule has 8 heteroatoms. The van der Waals surface area contributed by atoms with Gasteiger partial charge in [0.2, 0.25) is 5.69 Å². The van der Waals surface area contributed by atoms with Crippen LogP contribution in [-0.4, -0.2) is 38.2 Å². The number of hydrogen-bond acceptors (Lipinski definition) is 4. The van der Waals surface area contributed by atoms with Crippen LogP contribution in [0.3, 0.4) is 0 Å². The van der Waals surface area contributed by atoms with E-state index >= 15 is 0 Å². The van der Waals surface area contributed by atoms with Gasteiger partial charge in [-0.05, 0) is 42.7 Å². The van der Waals surface area contributed by atoms with Gasteiger partial charge in [-0.2, -0.15) is 5.23 Å². The Hall–Kier alpha value is -2.94. The summed E-state index contributed by atoms with van der Waals surface area (Å²) in [6, 6.07) is 10.9. The van der Waals surface area contributed by atoms with E-state index in [1.54, 1.807) is 10.6 Å². The molecule has 3 aromatic rings. The van der Waals surface area contributed by atoms with Gasteiger partial charge >= 0.3 is 5.56 Å². The molecule has 2 N–H and O–H groups in total. The zero-order valence-electron chi connectivity index (χ0n) is 16.0. The number of aromatic nitrogens is 2. The normalized spacial score (nSPS) is 21.8. The van der Waals surface area contributed by atoms with Crippen molar-refractivity contribution in [3.63, 3.8) is 0 Å². The quantitative estimate of drug-likeness (QED) is 0.634. The maximum Gasteiger partial charge on any atom is 0.315 e. The highest BCUT2D eigenvalue weighted by Gasteiger charge is 2.37. The second-order valence-electron chi connectivity index (χ2n) is 8.10. The second-order valence-corrected chi connectivity index (χ2v) is 8.10. The molecule has 2 aromatic heterocycles. The number of piperidine rings is 1. The number of likely N-dealkylation sites (tertiary alicyclic amines) is 1. The minimum Gasteiger partial charge on any atom is -0.595 e. The molecular formula is C21H22N4O4. The first-order chi connectivity index (χ1) is 13.9. The Morgan fingerprint density at radius 1 is 1.17 bits per heavy atom. The van der Waals surface area contributed by atoms with Crippen LogP contribution < -0.4 is 10.8 Å². The van der Waals surface area contributed by atoms with Crippen LogP contribution in [0.25, 0.3) is 10.9 Å². The first-order valence-electron chi connectivity index (χ1n) is 9.74. The van der Waals surface area contributed by atoms with Crippen LogP contribution in [0.1, 0.15) is 28.4 Å². The SMILES string of the molecule is Cn1ccc2cc(C(=O)N3CC4CC(C3)c3ccc([NH+]([O-])O)c(=O)n3C4)ccc21. The van der Waals surface area contributed by atoms with Crippen molar-refractivity contribution in [1.82, 2.24) is 14.0 Å². The molecule has 2 aliphatic rings. The molecule has 0 radical (unpaired) electrons. The van der Waals surface area contributed by atoms with E-state index in [-0.39, 0.29) is 23.4 Å². The summed E-state index contributed by atoms with van der Waals surface area (Å²) in [5, 5.41) is 20.3. The lowest BCUT2D eigenvalue weighted by molar-refractivity contribution is -0.992. The number of rotatable bonds is 2. The maximum atomic E-state index is 13.2. The topological polar surface area (TPSA) is 95.0 Å². The zero-order chi connectivity index (χ0) is 20.3. The van der Waals surface area contributed by atoms with E-state index in [0.29, 0.717) is 25.2 Å². The van der Waals surface area contributed by atoms with Crippen LogP contribution in [0.15, 0.2) is 47.4 Å². The molecule has 0 saturated carbocycles. The molecule has 1 saturated heterocycles. The lowest BCUT2D eigenvalue weighted by Crippen LogP contribution is -3.00. The van der Waals surface area contributed by atoms with Gasteiger partial charge in [0.15, 0.2) is 0 Å². The van der Waals surface area contributed by atoms with Crippen molar-refractivity contribution in [2.24, 2.45) is 13.0 Å². The average Bonchev–Trinajstić information content (AvgIpc) is 3.08. The molecule has 2 bridgehead atoms. The number of aryl methyl sites for hydroxylation is 1. The summed E-state index contributed by atoms with van der Waals surface area (Å²) < 4.78 is 3.62. The molecule has 5 rings (SSSR count). The third-order valence-corrected chi connectivity index (χ3v) is 6.25.